The van der Waals surface area contributed by atoms with Gasteiger partial charge < -0.3 is 48.9 Å². The molecule has 5 atom stereocenters. The SMILES string of the molecule is COc1cc(CO)cc2c1O[C@@H]1[C@@H](O)[C@H](N(C[C@@H]3CCCO3)C(=O)c3cc4cccc(OC)c4o3)C=C(C(=O)NCCO)[C@H]21. The highest BCUT2D eigenvalue weighted by molar-refractivity contribution is 5.99. The first-order valence-electron chi connectivity index (χ1n) is 14.6. The van der Waals surface area contributed by atoms with Crippen LogP contribution in [0.4, 0.5) is 0 Å². The molecule has 1 aromatic heterocycles. The molecule has 12 heteroatoms. The fourth-order valence-corrected chi connectivity index (χ4v) is 6.41. The normalized spacial score (nSPS) is 23.8. The van der Waals surface area contributed by atoms with E-state index in [9.17, 15) is 24.9 Å². The van der Waals surface area contributed by atoms with Gasteiger partial charge in [0.1, 0.15) is 12.2 Å². The van der Waals surface area contributed by atoms with Crippen molar-refractivity contribution in [2.45, 2.75) is 49.7 Å². The molecule has 2 aliphatic heterocycles. The van der Waals surface area contributed by atoms with Crippen LogP contribution in [0, 0.1) is 0 Å². The van der Waals surface area contributed by atoms with Gasteiger partial charge in [-0.3, -0.25) is 9.59 Å². The molecule has 0 unspecified atom stereocenters. The highest BCUT2D eigenvalue weighted by Gasteiger charge is 2.52. The third-order valence-corrected chi connectivity index (χ3v) is 8.48. The summed E-state index contributed by atoms with van der Waals surface area (Å²) in [5.74, 6) is -0.488. The van der Waals surface area contributed by atoms with E-state index in [1.54, 1.807) is 36.4 Å². The molecule has 0 radical (unpaired) electrons. The number of amides is 2. The van der Waals surface area contributed by atoms with Gasteiger partial charge in [0.25, 0.3) is 5.91 Å². The molecule has 0 saturated carbocycles. The third kappa shape index (κ3) is 5.28. The van der Waals surface area contributed by atoms with E-state index >= 15 is 0 Å². The molecule has 1 aliphatic carbocycles. The van der Waals surface area contributed by atoms with E-state index in [2.05, 4.69) is 5.32 Å². The molecule has 1 fully saturated rings. The number of methoxy groups -OCH3 is 2. The summed E-state index contributed by atoms with van der Waals surface area (Å²) >= 11 is 0. The van der Waals surface area contributed by atoms with Crippen LogP contribution < -0.4 is 19.5 Å². The summed E-state index contributed by atoms with van der Waals surface area (Å²) in [6.45, 7) is 0.164. The van der Waals surface area contributed by atoms with Crippen molar-refractivity contribution in [3.05, 3.63) is 64.9 Å². The van der Waals surface area contributed by atoms with E-state index < -0.39 is 36.0 Å². The van der Waals surface area contributed by atoms with E-state index in [4.69, 9.17) is 23.4 Å². The zero-order valence-electron chi connectivity index (χ0n) is 24.5. The van der Waals surface area contributed by atoms with E-state index in [0.29, 0.717) is 46.0 Å². The van der Waals surface area contributed by atoms with Crippen LogP contribution in [-0.4, -0.2) is 96.9 Å². The lowest BCUT2D eigenvalue weighted by molar-refractivity contribution is -0.118. The first kappa shape index (κ1) is 29.9. The van der Waals surface area contributed by atoms with E-state index in [1.165, 1.54) is 19.1 Å². The van der Waals surface area contributed by atoms with Gasteiger partial charge in [-0.05, 0) is 48.7 Å². The smallest absolute Gasteiger partial charge is 0.290 e. The molecular weight excluding hydrogens is 572 g/mol. The number of nitrogens with one attached hydrogen (secondary N) is 1. The average Bonchev–Trinajstić information content (AvgIpc) is 3.81. The number of hydrogen-bond donors (Lipinski definition) is 4. The minimum absolute atomic E-state index is 0.00781. The standard InChI is InChI=1S/C32H36N2O10/c1-40-23-7-3-5-18-13-25(43-28(18)23)32(39)34(15-19-6-4-10-42-19)22-14-21(31(38)33-8-9-35)26-20-11-17(16-36)12-24(41-2)29(20)44-30(26)27(22)37/h3,5,7,11-14,19,22,26-27,30,35-37H,4,6,8-10,15-16H2,1-2H3,(H,33,38)/t19-,22+,26-,27-,30-/m0/s1. The molecule has 234 valence electrons. The molecule has 12 nitrogen and oxygen atoms in total. The molecule has 3 aliphatic rings. The van der Waals surface area contributed by atoms with Gasteiger partial charge in [-0.2, -0.15) is 0 Å². The number of para-hydroxylation sites is 1. The Morgan fingerprint density at radius 1 is 1.11 bits per heavy atom. The molecule has 3 heterocycles. The number of fused-ring (bicyclic) bond motifs is 4. The van der Waals surface area contributed by atoms with Crippen LogP contribution in [0.3, 0.4) is 0 Å². The number of rotatable bonds is 10. The molecule has 4 N–H and O–H groups in total. The van der Waals surface area contributed by atoms with Gasteiger partial charge >= 0.3 is 0 Å². The maximum Gasteiger partial charge on any atom is 0.290 e. The summed E-state index contributed by atoms with van der Waals surface area (Å²) < 4.78 is 29.1. The monoisotopic (exact) mass is 608 g/mol. The number of benzene rings is 2. The zero-order chi connectivity index (χ0) is 31.0. The van der Waals surface area contributed by atoms with Crippen LogP contribution in [0.15, 0.2) is 52.5 Å². The summed E-state index contributed by atoms with van der Waals surface area (Å²) in [5, 5.41) is 34.6. The van der Waals surface area contributed by atoms with Crippen molar-refractivity contribution in [2.75, 3.05) is 40.5 Å². The maximum absolute atomic E-state index is 14.3. The number of nitrogens with zero attached hydrogens (tertiary/aromatic N) is 1. The Kier molecular flexibility index (Phi) is 8.50. The average molecular weight is 609 g/mol. The molecule has 6 rings (SSSR count). The van der Waals surface area contributed by atoms with Crippen molar-refractivity contribution in [2.24, 2.45) is 0 Å². The Morgan fingerprint density at radius 2 is 1.93 bits per heavy atom. The highest BCUT2D eigenvalue weighted by Crippen LogP contribution is 2.51. The molecule has 0 bridgehead atoms. The Bertz CT molecular complexity index is 1580. The van der Waals surface area contributed by atoms with Gasteiger partial charge in [-0.15, -0.1) is 0 Å². The molecule has 0 spiro atoms. The summed E-state index contributed by atoms with van der Waals surface area (Å²) in [7, 11) is 2.99. The van der Waals surface area contributed by atoms with Crippen molar-refractivity contribution in [1.82, 2.24) is 10.2 Å². The number of ether oxygens (including phenoxy) is 4. The number of aliphatic hydroxyl groups is 3. The van der Waals surface area contributed by atoms with Gasteiger partial charge in [0, 0.05) is 36.2 Å². The summed E-state index contributed by atoms with van der Waals surface area (Å²) in [5.41, 5.74) is 1.79. The molecule has 44 heavy (non-hydrogen) atoms. The molecule has 2 aromatic carbocycles. The predicted molar refractivity (Wildman–Crippen MR) is 157 cm³/mol. The minimum atomic E-state index is -1.27. The van der Waals surface area contributed by atoms with Crippen molar-refractivity contribution in [3.8, 4) is 17.2 Å². The Labute approximate surface area is 253 Å². The van der Waals surface area contributed by atoms with Gasteiger partial charge in [-0.1, -0.05) is 12.1 Å². The number of carbonyl (C=O) groups is 2. The maximum atomic E-state index is 14.3. The van der Waals surface area contributed by atoms with Crippen LogP contribution in [-0.2, 0) is 16.1 Å². The van der Waals surface area contributed by atoms with E-state index in [1.807, 2.05) is 6.07 Å². The van der Waals surface area contributed by atoms with Crippen LogP contribution >= 0.6 is 0 Å². The second kappa shape index (κ2) is 12.5. The van der Waals surface area contributed by atoms with E-state index in [0.717, 1.165) is 12.8 Å². The third-order valence-electron chi connectivity index (χ3n) is 8.48. The molecule has 2 amide bonds. The first-order valence-corrected chi connectivity index (χ1v) is 14.6. The Hall–Kier alpha value is -4.10. The lowest BCUT2D eigenvalue weighted by Gasteiger charge is -2.41. The van der Waals surface area contributed by atoms with Crippen molar-refractivity contribution in [3.63, 3.8) is 0 Å². The van der Waals surface area contributed by atoms with Crippen molar-refractivity contribution < 1.29 is 48.3 Å². The Morgan fingerprint density at radius 3 is 2.64 bits per heavy atom. The first-order chi connectivity index (χ1) is 21.4. The van der Waals surface area contributed by atoms with Gasteiger partial charge in [-0.25, -0.2) is 0 Å². The van der Waals surface area contributed by atoms with Gasteiger partial charge in [0.05, 0.1) is 45.5 Å². The second-order valence-corrected chi connectivity index (χ2v) is 11.1. The van der Waals surface area contributed by atoms with Gasteiger partial charge in [0.2, 0.25) is 5.91 Å². The lowest BCUT2D eigenvalue weighted by atomic mass is 9.77. The molecule has 3 aromatic rings. The fraction of sp³-hybridized carbons (Fsp3) is 0.438. The van der Waals surface area contributed by atoms with Crippen LogP contribution in [0.1, 0.15) is 40.4 Å². The number of furan rings is 1. The van der Waals surface area contributed by atoms with Crippen LogP contribution in [0.5, 0.6) is 17.2 Å². The van der Waals surface area contributed by atoms with Crippen LogP contribution in [0.25, 0.3) is 11.0 Å². The topological polar surface area (TPSA) is 160 Å². The van der Waals surface area contributed by atoms with Gasteiger partial charge in [0.15, 0.2) is 28.6 Å². The highest BCUT2D eigenvalue weighted by atomic mass is 16.5. The number of carbonyl (C=O) groups excluding carboxylic acids is 2. The fourth-order valence-electron chi connectivity index (χ4n) is 6.41. The van der Waals surface area contributed by atoms with Crippen molar-refractivity contribution >= 4 is 22.8 Å². The van der Waals surface area contributed by atoms with Crippen LogP contribution in [0.2, 0.25) is 0 Å². The number of hydrogen-bond acceptors (Lipinski definition) is 10. The van der Waals surface area contributed by atoms with Crippen molar-refractivity contribution in [1.29, 1.82) is 0 Å². The summed E-state index contributed by atoms with van der Waals surface area (Å²) in [4.78, 5) is 29.3. The lowest BCUT2D eigenvalue weighted by Crippen LogP contribution is -2.57. The minimum Gasteiger partial charge on any atom is -0.493 e. The number of aliphatic hydroxyl groups excluding tert-OH is 3. The zero-order valence-corrected chi connectivity index (χ0v) is 24.5. The summed E-state index contributed by atoms with van der Waals surface area (Å²) in [6, 6.07) is 9.33. The molecule has 1 saturated heterocycles. The molecular formula is C32H36N2O10. The summed E-state index contributed by atoms with van der Waals surface area (Å²) in [6.07, 6.45) is 0.634. The predicted octanol–water partition coefficient (Wildman–Crippen LogP) is 1.89. The Balaban J connectivity index is 1.45. The largest absolute Gasteiger partial charge is 0.493 e. The quantitative estimate of drug-likeness (QED) is 0.268. The van der Waals surface area contributed by atoms with E-state index in [-0.39, 0.29) is 43.7 Å². The second-order valence-electron chi connectivity index (χ2n) is 11.1.